The molecule has 0 aliphatic rings. The van der Waals surface area contributed by atoms with E-state index in [1.165, 1.54) is 24.4 Å². The van der Waals surface area contributed by atoms with E-state index in [2.05, 4.69) is 25.5 Å². The van der Waals surface area contributed by atoms with Gasteiger partial charge in [0.2, 0.25) is 0 Å². The molecule has 0 aliphatic carbocycles. The molecule has 0 radical (unpaired) electrons. The molecule has 0 bridgehead atoms. The predicted octanol–water partition coefficient (Wildman–Crippen LogP) is 1.66. The highest BCUT2D eigenvalue weighted by Crippen LogP contribution is 2.25. The van der Waals surface area contributed by atoms with Crippen molar-refractivity contribution in [1.82, 2.24) is 15.7 Å². The van der Waals surface area contributed by atoms with E-state index in [0.717, 1.165) is 0 Å². The van der Waals surface area contributed by atoms with Gasteiger partial charge in [-0.15, -0.1) is 0 Å². The van der Waals surface area contributed by atoms with Crippen LogP contribution in [0.15, 0.2) is 52.2 Å². The van der Waals surface area contributed by atoms with Gasteiger partial charge in [0.05, 0.1) is 11.1 Å². The van der Waals surface area contributed by atoms with E-state index in [9.17, 15) is 14.9 Å². The number of para-hydroxylation sites is 2. The van der Waals surface area contributed by atoms with Gasteiger partial charge < -0.3 is 4.74 Å². The number of rotatable bonds is 6. The Morgan fingerprint density at radius 2 is 2.08 bits per heavy atom. The predicted molar refractivity (Wildman–Crippen MR) is 86.1 cm³/mol. The minimum absolute atomic E-state index is 0.00983. The van der Waals surface area contributed by atoms with Crippen LogP contribution in [0, 0.1) is 10.1 Å². The highest BCUT2D eigenvalue weighted by atomic mass is 16.6. The Bertz CT molecular complexity index is 952. The first-order valence-electron chi connectivity index (χ1n) is 7.04. The molecule has 0 saturated carbocycles. The Balaban J connectivity index is 1.55. The third-order valence-corrected chi connectivity index (χ3v) is 3.10. The Morgan fingerprint density at radius 3 is 2.92 bits per heavy atom. The van der Waals surface area contributed by atoms with Gasteiger partial charge in [-0.2, -0.15) is 5.10 Å². The van der Waals surface area contributed by atoms with E-state index in [-0.39, 0.29) is 11.4 Å². The zero-order valence-electron chi connectivity index (χ0n) is 12.7. The number of nitro benzene ring substituents is 1. The third-order valence-electron chi connectivity index (χ3n) is 3.10. The number of nitrogens with one attached hydrogen (secondary N) is 1. The minimum Gasteiger partial charge on any atom is -0.477 e. The summed E-state index contributed by atoms with van der Waals surface area (Å²) in [6.45, 7) is -0.408. The van der Waals surface area contributed by atoms with Crippen molar-refractivity contribution >= 4 is 28.8 Å². The third kappa shape index (κ3) is 3.93. The smallest absolute Gasteiger partial charge is 0.310 e. The summed E-state index contributed by atoms with van der Waals surface area (Å²) in [5, 5.41) is 22.0. The van der Waals surface area contributed by atoms with Crippen LogP contribution in [0.4, 0.5) is 5.69 Å². The number of carbonyl (C=O) groups is 1. The molecule has 0 spiro atoms. The zero-order chi connectivity index (χ0) is 17.6. The Hall–Kier alpha value is -3.82. The Kier molecular flexibility index (Phi) is 4.60. The maximum Gasteiger partial charge on any atom is 0.310 e. The number of ether oxygens (including phenoxy) is 1. The molecule has 0 saturated heterocycles. The SMILES string of the molecule is O=C(COc1ccccc1[N+](=O)[O-])NN=Cc1ccc2nonc2c1. The lowest BCUT2D eigenvalue weighted by Gasteiger charge is -2.05. The summed E-state index contributed by atoms with van der Waals surface area (Å²) in [4.78, 5) is 22.0. The molecular formula is C15H11N5O5. The summed E-state index contributed by atoms with van der Waals surface area (Å²) in [6.07, 6.45) is 1.41. The average Bonchev–Trinajstić information content (AvgIpc) is 3.08. The summed E-state index contributed by atoms with van der Waals surface area (Å²) in [5.74, 6) is -0.547. The second kappa shape index (κ2) is 7.17. The highest BCUT2D eigenvalue weighted by Gasteiger charge is 2.14. The fourth-order valence-electron chi connectivity index (χ4n) is 1.96. The first-order valence-corrected chi connectivity index (χ1v) is 7.04. The van der Waals surface area contributed by atoms with Crippen molar-refractivity contribution in [3.63, 3.8) is 0 Å². The van der Waals surface area contributed by atoms with Crippen LogP contribution < -0.4 is 10.2 Å². The number of hydrogen-bond donors (Lipinski definition) is 1. The van der Waals surface area contributed by atoms with Gasteiger partial charge in [-0.3, -0.25) is 14.9 Å². The molecule has 1 aromatic heterocycles. The summed E-state index contributed by atoms with van der Waals surface area (Å²) < 4.78 is 9.74. The molecule has 0 aliphatic heterocycles. The molecule has 1 heterocycles. The highest BCUT2D eigenvalue weighted by molar-refractivity contribution is 5.87. The monoisotopic (exact) mass is 341 g/mol. The molecule has 25 heavy (non-hydrogen) atoms. The van der Waals surface area contributed by atoms with Crippen molar-refractivity contribution < 1.29 is 19.1 Å². The summed E-state index contributed by atoms with van der Waals surface area (Å²) in [7, 11) is 0. The quantitative estimate of drug-likeness (QED) is 0.409. The van der Waals surface area contributed by atoms with Gasteiger partial charge in [0.15, 0.2) is 12.4 Å². The van der Waals surface area contributed by atoms with Crippen LogP contribution in [-0.2, 0) is 4.79 Å². The van der Waals surface area contributed by atoms with Gasteiger partial charge in [0.25, 0.3) is 5.91 Å². The van der Waals surface area contributed by atoms with E-state index in [1.807, 2.05) is 0 Å². The number of hydrogen-bond acceptors (Lipinski definition) is 8. The maximum atomic E-state index is 11.7. The summed E-state index contributed by atoms with van der Waals surface area (Å²) >= 11 is 0. The molecular weight excluding hydrogens is 330 g/mol. The van der Waals surface area contributed by atoms with E-state index in [4.69, 9.17) is 4.74 Å². The number of amides is 1. The number of benzene rings is 2. The lowest BCUT2D eigenvalue weighted by Crippen LogP contribution is -2.24. The number of nitro groups is 1. The van der Waals surface area contributed by atoms with E-state index >= 15 is 0 Å². The molecule has 1 N–H and O–H groups in total. The fourth-order valence-corrected chi connectivity index (χ4v) is 1.96. The van der Waals surface area contributed by atoms with Crippen molar-refractivity contribution in [3.05, 3.63) is 58.1 Å². The average molecular weight is 341 g/mol. The molecule has 126 valence electrons. The maximum absolute atomic E-state index is 11.7. The number of hydrazone groups is 1. The van der Waals surface area contributed by atoms with Gasteiger partial charge in [-0.05, 0) is 34.1 Å². The topological polar surface area (TPSA) is 133 Å². The number of aromatic nitrogens is 2. The van der Waals surface area contributed by atoms with Crippen molar-refractivity contribution in [1.29, 1.82) is 0 Å². The number of fused-ring (bicyclic) bond motifs is 1. The summed E-state index contributed by atoms with van der Waals surface area (Å²) in [6, 6.07) is 10.9. The van der Waals surface area contributed by atoms with Crippen molar-refractivity contribution in [2.45, 2.75) is 0 Å². The second-order valence-electron chi connectivity index (χ2n) is 4.82. The second-order valence-corrected chi connectivity index (χ2v) is 4.82. The number of carbonyl (C=O) groups excluding carboxylic acids is 1. The largest absolute Gasteiger partial charge is 0.477 e. The van der Waals surface area contributed by atoms with Crippen LogP contribution in [0.25, 0.3) is 11.0 Å². The molecule has 10 heteroatoms. The van der Waals surface area contributed by atoms with Crippen LogP contribution in [0.1, 0.15) is 5.56 Å². The molecule has 0 atom stereocenters. The molecule has 10 nitrogen and oxygen atoms in total. The lowest BCUT2D eigenvalue weighted by molar-refractivity contribution is -0.385. The molecule has 2 aromatic carbocycles. The first kappa shape index (κ1) is 16.1. The van der Waals surface area contributed by atoms with Crippen LogP contribution >= 0.6 is 0 Å². The van der Waals surface area contributed by atoms with Crippen LogP contribution in [0.5, 0.6) is 5.75 Å². The first-order chi connectivity index (χ1) is 12.1. The van der Waals surface area contributed by atoms with Gasteiger partial charge in [0.1, 0.15) is 11.0 Å². The Morgan fingerprint density at radius 1 is 1.28 bits per heavy atom. The van der Waals surface area contributed by atoms with E-state index in [1.54, 1.807) is 24.3 Å². The molecule has 3 aromatic rings. The molecule has 3 rings (SSSR count). The lowest BCUT2D eigenvalue weighted by atomic mass is 10.2. The zero-order valence-corrected chi connectivity index (χ0v) is 12.7. The molecule has 0 fully saturated rings. The van der Waals surface area contributed by atoms with Crippen LogP contribution in [0.2, 0.25) is 0 Å². The van der Waals surface area contributed by atoms with Gasteiger partial charge in [-0.25, -0.2) is 10.1 Å². The minimum atomic E-state index is -0.583. The van der Waals surface area contributed by atoms with Crippen molar-refractivity contribution in [3.8, 4) is 5.75 Å². The Labute approximate surface area is 140 Å². The van der Waals surface area contributed by atoms with Gasteiger partial charge in [-0.1, -0.05) is 18.2 Å². The van der Waals surface area contributed by atoms with Crippen LogP contribution in [0.3, 0.4) is 0 Å². The van der Waals surface area contributed by atoms with E-state index in [0.29, 0.717) is 16.6 Å². The standard InChI is InChI=1S/C15H11N5O5/c21-15(9-24-14-4-2-1-3-13(14)20(22)23)17-16-8-10-5-6-11-12(7-10)19-25-18-11/h1-8H,9H2,(H,17,21). The van der Waals surface area contributed by atoms with E-state index < -0.39 is 17.4 Å². The van der Waals surface area contributed by atoms with Crippen molar-refractivity contribution in [2.75, 3.05) is 6.61 Å². The fraction of sp³-hybridized carbons (Fsp3) is 0.0667. The van der Waals surface area contributed by atoms with Gasteiger partial charge in [0, 0.05) is 6.07 Å². The number of nitrogens with zero attached hydrogens (tertiary/aromatic N) is 4. The van der Waals surface area contributed by atoms with Crippen molar-refractivity contribution in [2.24, 2.45) is 5.10 Å². The molecule has 0 unspecified atom stereocenters. The molecule has 1 amide bonds. The van der Waals surface area contributed by atoms with Crippen LogP contribution in [-0.4, -0.2) is 34.0 Å². The van der Waals surface area contributed by atoms with Gasteiger partial charge >= 0.3 is 5.69 Å². The summed E-state index contributed by atoms with van der Waals surface area (Å²) in [5.41, 5.74) is 3.91. The normalized spacial score (nSPS) is 10.9.